The molecule has 9 nitrogen and oxygen atoms in total. The van der Waals surface area contributed by atoms with Gasteiger partial charge in [0.1, 0.15) is 12.0 Å². The van der Waals surface area contributed by atoms with E-state index < -0.39 is 15.6 Å². The van der Waals surface area contributed by atoms with Gasteiger partial charge in [-0.1, -0.05) is 18.2 Å². The van der Waals surface area contributed by atoms with Crippen LogP contribution in [0.2, 0.25) is 0 Å². The predicted molar refractivity (Wildman–Crippen MR) is 122 cm³/mol. The van der Waals surface area contributed by atoms with Crippen molar-refractivity contribution in [2.75, 3.05) is 63.5 Å². The Morgan fingerprint density at radius 3 is 2.12 bits per heavy atom. The summed E-state index contributed by atoms with van der Waals surface area (Å²) in [6.07, 6.45) is 2.55. The third-order valence-corrected chi connectivity index (χ3v) is 7.52. The van der Waals surface area contributed by atoms with Crippen LogP contribution in [0.3, 0.4) is 0 Å². The van der Waals surface area contributed by atoms with Gasteiger partial charge in [-0.25, -0.2) is 13.2 Å². The summed E-state index contributed by atoms with van der Waals surface area (Å²) in [6, 6.07) is 10.3. The SMILES string of the molecule is CS(=O)(=O)N1CCN(Cc2c(O)c(CN3CCN(c4ccccc4)CC3)coc2=O)CC1. The lowest BCUT2D eigenvalue weighted by Gasteiger charge is -2.36. The lowest BCUT2D eigenvalue weighted by Crippen LogP contribution is -2.48. The van der Waals surface area contributed by atoms with Crippen LogP contribution >= 0.6 is 0 Å². The highest BCUT2D eigenvalue weighted by molar-refractivity contribution is 7.88. The summed E-state index contributed by atoms with van der Waals surface area (Å²) >= 11 is 0. The molecule has 1 aromatic carbocycles. The Morgan fingerprint density at radius 2 is 1.50 bits per heavy atom. The first kappa shape index (κ1) is 22.8. The minimum Gasteiger partial charge on any atom is -0.507 e. The number of anilines is 1. The zero-order chi connectivity index (χ0) is 22.7. The zero-order valence-corrected chi connectivity index (χ0v) is 19.1. The average Bonchev–Trinajstić information content (AvgIpc) is 2.79. The van der Waals surface area contributed by atoms with Crippen molar-refractivity contribution < 1.29 is 17.9 Å². The van der Waals surface area contributed by atoms with E-state index in [2.05, 4.69) is 21.9 Å². The Balaban J connectivity index is 1.37. The fourth-order valence-corrected chi connectivity index (χ4v) is 5.11. The fraction of sp³-hybridized carbons (Fsp3) is 0.500. The highest BCUT2D eigenvalue weighted by Crippen LogP contribution is 2.24. The van der Waals surface area contributed by atoms with Crippen molar-refractivity contribution in [2.45, 2.75) is 13.1 Å². The van der Waals surface area contributed by atoms with E-state index in [9.17, 15) is 18.3 Å². The van der Waals surface area contributed by atoms with Gasteiger partial charge < -0.3 is 14.4 Å². The molecule has 2 aliphatic rings. The van der Waals surface area contributed by atoms with Crippen LogP contribution in [-0.4, -0.2) is 86.2 Å². The van der Waals surface area contributed by atoms with Crippen molar-refractivity contribution in [2.24, 2.45) is 0 Å². The van der Waals surface area contributed by atoms with Gasteiger partial charge in [0, 0.05) is 76.7 Å². The molecule has 2 aliphatic heterocycles. The molecule has 0 amide bonds. The summed E-state index contributed by atoms with van der Waals surface area (Å²) < 4.78 is 30.0. The van der Waals surface area contributed by atoms with Gasteiger partial charge >= 0.3 is 5.63 Å². The first-order chi connectivity index (χ1) is 15.3. The molecule has 32 heavy (non-hydrogen) atoms. The molecule has 0 bridgehead atoms. The van der Waals surface area contributed by atoms with E-state index in [1.54, 1.807) is 0 Å². The first-order valence-electron chi connectivity index (χ1n) is 10.8. The highest BCUT2D eigenvalue weighted by Gasteiger charge is 2.26. The highest BCUT2D eigenvalue weighted by atomic mass is 32.2. The molecule has 3 heterocycles. The van der Waals surface area contributed by atoms with E-state index in [-0.39, 0.29) is 17.9 Å². The quantitative estimate of drug-likeness (QED) is 0.672. The normalized spacial score (nSPS) is 19.3. The molecule has 1 N–H and O–H groups in total. The number of piperazine rings is 2. The number of benzene rings is 1. The monoisotopic (exact) mass is 462 g/mol. The topological polar surface area (TPSA) is 97.5 Å². The van der Waals surface area contributed by atoms with Gasteiger partial charge in [0.15, 0.2) is 0 Å². The van der Waals surface area contributed by atoms with Gasteiger partial charge in [-0.3, -0.25) is 9.80 Å². The molecule has 0 saturated carbocycles. The number of hydrogen-bond donors (Lipinski definition) is 1. The Morgan fingerprint density at radius 1 is 0.906 bits per heavy atom. The van der Waals surface area contributed by atoms with Crippen LogP contribution in [0, 0.1) is 0 Å². The molecule has 174 valence electrons. The van der Waals surface area contributed by atoms with Crippen molar-refractivity contribution in [3.05, 3.63) is 58.1 Å². The number of aromatic hydroxyl groups is 1. The van der Waals surface area contributed by atoms with E-state index in [4.69, 9.17) is 4.42 Å². The number of rotatable bonds is 6. The molecule has 10 heteroatoms. The summed E-state index contributed by atoms with van der Waals surface area (Å²) in [5.41, 5.74) is 1.49. The second kappa shape index (κ2) is 9.62. The maximum Gasteiger partial charge on any atom is 0.343 e. The van der Waals surface area contributed by atoms with Crippen molar-refractivity contribution in [3.8, 4) is 5.75 Å². The number of nitrogens with zero attached hydrogens (tertiary/aromatic N) is 4. The smallest absolute Gasteiger partial charge is 0.343 e. The van der Waals surface area contributed by atoms with E-state index >= 15 is 0 Å². The van der Waals surface area contributed by atoms with Crippen LogP contribution in [-0.2, 0) is 23.1 Å². The lowest BCUT2D eigenvalue weighted by molar-refractivity contribution is 0.178. The Labute approximate surface area is 188 Å². The molecule has 0 spiro atoms. The molecule has 1 aromatic heterocycles. The summed E-state index contributed by atoms with van der Waals surface area (Å²) in [6.45, 7) is 5.95. The molecule has 2 aromatic rings. The lowest BCUT2D eigenvalue weighted by atomic mass is 10.1. The minimum absolute atomic E-state index is 0.0164. The van der Waals surface area contributed by atoms with Gasteiger partial charge in [-0.05, 0) is 12.1 Å². The molecular formula is C22H30N4O5S. The largest absolute Gasteiger partial charge is 0.507 e. The van der Waals surface area contributed by atoms with Gasteiger partial charge in [0.25, 0.3) is 0 Å². The molecule has 0 radical (unpaired) electrons. The van der Waals surface area contributed by atoms with E-state index in [1.807, 2.05) is 23.1 Å². The third kappa shape index (κ3) is 5.32. The van der Waals surface area contributed by atoms with E-state index in [0.717, 1.165) is 26.2 Å². The molecule has 0 atom stereocenters. The van der Waals surface area contributed by atoms with Gasteiger partial charge in [-0.15, -0.1) is 0 Å². The summed E-state index contributed by atoms with van der Waals surface area (Å²) in [5, 5.41) is 10.8. The van der Waals surface area contributed by atoms with Gasteiger partial charge in [0.05, 0.1) is 11.8 Å². The Bertz CT molecular complexity index is 1070. The molecule has 4 rings (SSSR count). The molecule has 0 unspecified atom stereocenters. The van der Waals surface area contributed by atoms with Gasteiger partial charge in [-0.2, -0.15) is 4.31 Å². The number of hydrogen-bond acceptors (Lipinski definition) is 8. The van der Waals surface area contributed by atoms with Crippen LogP contribution in [0.5, 0.6) is 5.75 Å². The fourth-order valence-electron chi connectivity index (χ4n) is 4.28. The molecular weight excluding hydrogens is 432 g/mol. The maximum atomic E-state index is 12.3. The van der Waals surface area contributed by atoms with E-state index in [0.29, 0.717) is 38.3 Å². The van der Waals surface area contributed by atoms with Crippen LogP contribution in [0.15, 0.2) is 45.8 Å². The van der Waals surface area contributed by atoms with Crippen molar-refractivity contribution in [3.63, 3.8) is 0 Å². The zero-order valence-electron chi connectivity index (χ0n) is 18.3. The molecule has 2 fully saturated rings. The molecule has 2 saturated heterocycles. The maximum absolute atomic E-state index is 12.3. The second-order valence-corrected chi connectivity index (χ2v) is 10.4. The minimum atomic E-state index is -3.22. The van der Waals surface area contributed by atoms with Crippen LogP contribution < -0.4 is 10.5 Å². The predicted octanol–water partition coefficient (Wildman–Crippen LogP) is 0.745. The Kier molecular flexibility index (Phi) is 6.85. The van der Waals surface area contributed by atoms with Crippen LogP contribution in [0.4, 0.5) is 5.69 Å². The van der Waals surface area contributed by atoms with Crippen molar-refractivity contribution >= 4 is 15.7 Å². The average molecular weight is 463 g/mol. The summed E-state index contributed by atoms with van der Waals surface area (Å²) in [7, 11) is -3.22. The number of sulfonamides is 1. The van der Waals surface area contributed by atoms with E-state index in [1.165, 1.54) is 22.5 Å². The standard InChI is InChI=1S/C22H30N4O5S/c1-32(29,30)26-13-9-24(10-14-26)16-20-21(27)18(17-31-22(20)28)15-23-7-11-25(12-8-23)19-5-3-2-4-6-19/h2-6,17,27H,7-16H2,1H3. The Hall–Kier alpha value is -2.40. The first-order valence-corrected chi connectivity index (χ1v) is 12.7. The third-order valence-electron chi connectivity index (χ3n) is 6.21. The van der Waals surface area contributed by atoms with Crippen LogP contribution in [0.25, 0.3) is 0 Å². The number of para-hydroxylation sites is 1. The van der Waals surface area contributed by atoms with Crippen molar-refractivity contribution in [1.29, 1.82) is 0 Å². The summed E-state index contributed by atoms with van der Waals surface area (Å²) in [4.78, 5) is 18.8. The van der Waals surface area contributed by atoms with Crippen LogP contribution in [0.1, 0.15) is 11.1 Å². The second-order valence-electron chi connectivity index (χ2n) is 8.41. The van der Waals surface area contributed by atoms with Crippen molar-refractivity contribution in [1.82, 2.24) is 14.1 Å². The molecule has 0 aliphatic carbocycles. The summed E-state index contributed by atoms with van der Waals surface area (Å²) in [5.74, 6) is -0.0164. The van der Waals surface area contributed by atoms with Gasteiger partial charge in [0.2, 0.25) is 10.0 Å².